The normalized spacial score (nSPS) is 16.7. The Kier molecular flexibility index (Phi) is 6.74. The van der Waals surface area contributed by atoms with Crippen LogP contribution in [0.25, 0.3) is 0 Å². The van der Waals surface area contributed by atoms with E-state index in [-0.39, 0.29) is 12.3 Å². The van der Waals surface area contributed by atoms with Crippen LogP contribution in [0, 0.1) is 0 Å². The summed E-state index contributed by atoms with van der Waals surface area (Å²) in [6.45, 7) is 4.36. The Hall–Kier alpha value is -2.62. The Morgan fingerprint density at radius 2 is 1.74 bits per heavy atom. The van der Waals surface area contributed by atoms with Crippen molar-refractivity contribution in [1.29, 1.82) is 0 Å². The minimum atomic E-state index is -3.50. The number of urea groups is 1. The van der Waals surface area contributed by atoms with Crippen LogP contribution >= 0.6 is 0 Å². The molecule has 2 N–H and O–H groups in total. The number of para-hydroxylation sites is 2. The summed E-state index contributed by atoms with van der Waals surface area (Å²) in [6.07, 6.45) is 0.712. The molecule has 0 bridgehead atoms. The molecule has 2 heterocycles. The first kappa shape index (κ1) is 21.6. The molecule has 0 aliphatic carbocycles. The van der Waals surface area contributed by atoms with Crippen LogP contribution in [0.15, 0.2) is 48.5 Å². The van der Waals surface area contributed by atoms with Gasteiger partial charge in [-0.15, -0.1) is 0 Å². The maximum Gasteiger partial charge on any atom is 0.319 e. The molecule has 8 nitrogen and oxygen atoms in total. The first-order chi connectivity index (χ1) is 15.0. The SMILES string of the molecule is O=C(NCCS(=O)(=O)N1CCc2ccccc21)Nc1ccccc1CN1CCOCC1. The van der Waals surface area contributed by atoms with Crippen molar-refractivity contribution in [3.63, 3.8) is 0 Å². The standard InChI is InChI=1S/C22H28N4O4S/c27-22(24-20-7-3-1-6-19(20)17-25-12-14-30-15-13-25)23-10-16-31(28,29)26-11-9-18-5-2-4-8-21(18)26/h1-8H,9-17H2,(H2,23,24,27). The predicted molar refractivity (Wildman–Crippen MR) is 121 cm³/mol. The molecule has 2 aliphatic heterocycles. The van der Waals surface area contributed by atoms with Gasteiger partial charge in [0.05, 0.1) is 24.7 Å². The zero-order valence-electron chi connectivity index (χ0n) is 17.4. The van der Waals surface area contributed by atoms with E-state index in [0.29, 0.717) is 26.2 Å². The number of carbonyl (C=O) groups is 1. The van der Waals surface area contributed by atoms with E-state index in [9.17, 15) is 13.2 Å². The quantitative estimate of drug-likeness (QED) is 0.682. The minimum Gasteiger partial charge on any atom is -0.379 e. The van der Waals surface area contributed by atoms with Crippen LogP contribution in [-0.4, -0.2) is 64.5 Å². The lowest BCUT2D eigenvalue weighted by atomic mass is 10.1. The van der Waals surface area contributed by atoms with Gasteiger partial charge in [0.1, 0.15) is 0 Å². The highest BCUT2D eigenvalue weighted by Gasteiger charge is 2.28. The van der Waals surface area contributed by atoms with E-state index in [1.165, 1.54) is 4.31 Å². The van der Waals surface area contributed by atoms with Crippen LogP contribution in [0.4, 0.5) is 16.2 Å². The van der Waals surface area contributed by atoms with Gasteiger partial charge in [0.25, 0.3) is 0 Å². The third-order valence-corrected chi connectivity index (χ3v) is 7.36. The molecule has 0 unspecified atom stereocenters. The summed E-state index contributed by atoms with van der Waals surface area (Å²) in [6, 6.07) is 14.8. The van der Waals surface area contributed by atoms with Crippen molar-refractivity contribution < 1.29 is 17.9 Å². The predicted octanol–water partition coefficient (Wildman–Crippen LogP) is 2.03. The first-order valence-corrected chi connectivity index (χ1v) is 12.1. The average molecular weight is 445 g/mol. The number of benzene rings is 2. The molecule has 0 radical (unpaired) electrons. The topological polar surface area (TPSA) is 91.0 Å². The highest BCUT2D eigenvalue weighted by atomic mass is 32.2. The van der Waals surface area contributed by atoms with E-state index in [1.54, 1.807) is 0 Å². The lowest BCUT2D eigenvalue weighted by Crippen LogP contribution is -2.38. The molecule has 2 aromatic rings. The van der Waals surface area contributed by atoms with Crippen molar-refractivity contribution in [3.8, 4) is 0 Å². The Balaban J connectivity index is 1.30. The molecule has 2 aliphatic rings. The van der Waals surface area contributed by atoms with Gasteiger partial charge in [-0.25, -0.2) is 13.2 Å². The van der Waals surface area contributed by atoms with E-state index in [2.05, 4.69) is 15.5 Å². The summed E-state index contributed by atoms with van der Waals surface area (Å²) in [5.74, 6) is -0.149. The van der Waals surface area contributed by atoms with Crippen molar-refractivity contribution in [2.45, 2.75) is 13.0 Å². The molecule has 4 rings (SSSR count). The number of hydrogen-bond acceptors (Lipinski definition) is 5. The lowest BCUT2D eigenvalue weighted by Gasteiger charge is -2.27. The molecule has 0 aromatic heterocycles. The fourth-order valence-corrected chi connectivity index (χ4v) is 5.38. The van der Waals surface area contributed by atoms with Gasteiger partial charge in [0, 0.05) is 38.4 Å². The zero-order chi connectivity index (χ0) is 21.7. The Morgan fingerprint density at radius 3 is 2.58 bits per heavy atom. The van der Waals surface area contributed by atoms with Crippen molar-refractivity contribution in [2.75, 3.05) is 54.8 Å². The summed E-state index contributed by atoms with van der Waals surface area (Å²) in [5.41, 5.74) is 3.52. The highest BCUT2D eigenvalue weighted by Crippen LogP contribution is 2.29. The fourth-order valence-electron chi connectivity index (χ4n) is 3.95. The minimum absolute atomic E-state index is 0.0401. The van der Waals surface area contributed by atoms with Gasteiger partial charge in [0.2, 0.25) is 10.0 Å². The molecule has 2 amide bonds. The summed E-state index contributed by atoms with van der Waals surface area (Å²) in [4.78, 5) is 14.7. The maximum absolute atomic E-state index is 12.7. The van der Waals surface area contributed by atoms with E-state index in [0.717, 1.165) is 42.1 Å². The van der Waals surface area contributed by atoms with Crippen molar-refractivity contribution in [1.82, 2.24) is 10.2 Å². The smallest absolute Gasteiger partial charge is 0.319 e. The Bertz CT molecular complexity index is 1020. The van der Waals surface area contributed by atoms with Crippen LogP contribution in [0.1, 0.15) is 11.1 Å². The summed E-state index contributed by atoms with van der Waals surface area (Å²) in [5, 5.41) is 5.53. The van der Waals surface area contributed by atoms with Gasteiger partial charge in [-0.1, -0.05) is 36.4 Å². The summed E-state index contributed by atoms with van der Waals surface area (Å²) >= 11 is 0. The van der Waals surface area contributed by atoms with Crippen molar-refractivity contribution in [2.24, 2.45) is 0 Å². The van der Waals surface area contributed by atoms with Crippen LogP contribution in [-0.2, 0) is 27.7 Å². The zero-order valence-corrected chi connectivity index (χ0v) is 18.2. The van der Waals surface area contributed by atoms with Gasteiger partial charge < -0.3 is 15.4 Å². The van der Waals surface area contributed by atoms with Gasteiger partial charge in [-0.3, -0.25) is 9.21 Å². The number of sulfonamides is 1. The van der Waals surface area contributed by atoms with E-state index in [1.807, 2.05) is 48.5 Å². The molecular formula is C22H28N4O4S. The number of morpholine rings is 1. The molecule has 0 spiro atoms. The lowest BCUT2D eigenvalue weighted by molar-refractivity contribution is 0.0343. The van der Waals surface area contributed by atoms with Crippen molar-refractivity contribution in [3.05, 3.63) is 59.7 Å². The van der Waals surface area contributed by atoms with Gasteiger partial charge >= 0.3 is 6.03 Å². The van der Waals surface area contributed by atoms with E-state index >= 15 is 0 Å². The number of anilines is 2. The first-order valence-electron chi connectivity index (χ1n) is 10.5. The van der Waals surface area contributed by atoms with Gasteiger partial charge in [0.15, 0.2) is 0 Å². The number of amides is 2. The number of hydrogen-bond donors (Lipinski definition) is 2. The molecule has 2 aromatic carbocycles. The second kappa shape index (κ2) is 9.67. The average Bonchev–Trinajstić information content (AvgIpc) is 3.21. The maximum atomic E-state index is 12.7. The molecule has 9 heteroatoms. The van der Waals surface area contributed by atoms with Crippen LogP contribution in [0.2, 0.25) is 0 Å². The summed E-state index contributed by atoms with van der Waals surface area (Å²) in [7, 11) is -3.50. The van der Waals surface area contributed by atoms with E-state index in [4.69, 9.17) is 4.74 Å². The van der Waals surface area contributed by atoms with Gasteiger partial charge in [-0.05, 0) is 29.7 Å². The molecule has 1 fully saturated rings. The van der Waals surface area contributed by atoms with Gasteiger partial charge in [-0.2, -0.15) is 0 Å². The Labute approximate surface area is 183 Å². The van der Waals surface area contributed by atoms with E-state index < -0.39 is 16.1 Å². The molecule has 0 saturated carbocycles. The monoisotopic (exact) mass is 444 g/mol. The molecule has 0 atom stereocenters. The molecule has 1 saturated heterocycles. The van der Waals surface area contributed by atoms with Crippen LogP contribution in [0.5, 0.6) is 0 Å². The fraction of sp³-hybridized carbons (Fsp3) is 0.409. The number of rotatable bonds is 7. The second-order valence-electron chi connectivity index (χ2n) is 7.69. The Morgan fingerprint density at radius 1 is 1.00 bits per heavy atom. The molecular weight excluding hydrogens is 416 g/mol. The third kappa shape index (κ3) is 5.36. The third-order valence-electron chi connectivity index (χ3n) is 5.59. The largest absolute Gasteiger partial charge is 0.379 e. The molecule has 31 heavy (non-hydrogen) atoms. The number of nitrogens with zero attached hydrogens (tertiary/aromatic N) is 2. The summed E-state index contributed by atoms with van der Waals surface area (Å²) < 4.78 is 32.3. The number of fused-ring (bicyclic) bond motifs is 1. The van der Waals surface area contributed by atoms with Crippen molar-refractivity contribution >= 4 is 27.4 Å². The molecule has 166 valence electrons. The highest BCUT2D eigenvalue weighted by molar-refractivity contribution is 7.92. The van der Waals surface area contributed by atoms with Crippen LogP contribution < -0.4 is 14.9 Å². The number of carbonyl (C=O) groups excluding carboxylic acids is 1. The van der Waals surface area contributed by atoms with Crippen LogP contribution in [0.3, 0.4) is 0 Å². The second-order valence-corrected chi connectivity index (χ2v) is 9.71. The number of nitrogens with one attached hydrogen (secondary N) is 2. The number of ether oxygens (including phenoxy) is 1.